The van der Waals surface area contributed by atoms with Crippen LogP contribution in [0.2, 0.25) is 0 Å². The van der Waals surface area contributed by atoms with Gasteiger partial charge in [0.1, 0.15) is 5.82 Å². The molecule has 0 N–H and O–H groups in total. The number of hydrogen-bond donors (Lipinski definition) is 0. The molecule has 1 aliphatic heterocycles. The van der Waals surface area contributed by atoms with Crippen molar-refractivity contribution in [2.45, 2.75) is 66.2 Å². The molecule has 0 atom stereocenters. The van der Waals surface area contributed by atoms with Crippen LogP contribution in [-0.4, -0.2) is 14.5 Å². The van der Waals surface area contributed by atoms with Gasteiger partial charge in [0, 0.05) is 83.9 Å². The molecule has 0 fully saturated rings. The van der Waals surface area contributed by atoms with Crippen molar-refractivity contribution in [1.29, 1.82) is 0 Å². The Kier molecular flexibility index (Phi) is 11.1. The Balaban J connectivity index is 0.00000518. The Morgan fingerprint density at radius 3 is 1.98 bits per heavy atom. The minimum Gasteiger partial charge on any atom is -0.509 e. The number of hydrogen-bond acceptors (Lipinski definition) is 5. The van der Waals surface area contributed by atoms with Crippen molar-refractivity contribution in [3.8, 4) is 39.6 Å². The number of pyridine rings is 2. The van der Waals surface area contributed by atoms with E-state index in [0.717, 1.165) is 72.9 Å². The van der Waals surface area contributed by atoms with Gasteiger partial charge < -0.3 is 19.1 Å². The molecule has 322 valence electrons. The normalized spacial score (nSPS) is 12.8. The zero-order valence-corrected chi connectivity index (χ0v) is 39.7. The predicted molar refractivity (Wildman–Crippen MR) is 260 cm³/mol. The minimum absolute atomic E-state index is 0. The molecule has 0 radical (unpaired) electrons. The fourth-order valence-electron chi connectivity index (χ4n) is 8.89. The van der Waals surface area contributed by atoms with Crippen LogP contribution in [0.5, 0.6) is 11.5 Å². The molecule has 6 nitrogen and oxygen atoms in total. The summed E-state index contributed by atoms with van der Waals surface area (Å²) in [5, 5.41) is 2.21. The van der Waals surface area contributed by atoms with E-state index < -0.39 is 0 Å². The van der Waals surface area contributed by atoms with E-state index in [1.165, 1.54) is 22.3 Å². The van der Waals surface area contributed by atoms with Gasteiger partial charge in [-0.05, 0) is 94.8 Å². The number of anilines is 4. The maximum Gasteiger partial charge on any atom is 0.135 e. The first kappa shape index (κ1) is 42.8. The second-order valence-corrected chi connectivity index (χ2v) is 18.6. The molecule has 7 heteroatoms. The van der Waals surface area contributed by atoms with Crippen LogP contribution in [0.3, 0.4) is 0 Å². The predicted octanol–water partition coefficient (Wildman–Crippen LogP) is 14.9. The number of rotatable bonds is 7. The number of benzene rings is 6. The van der Waals surface area contributed by atoms with Crippen LogP contribution in [0.15, 0.2) is 152 Å². The van der Waals surface area contributed by atoms with Gasteiger partial charge in [0.15, 0.2) is 0 Å². The average Bonchev–Trinajstić information content (AvgIpc) is 3.81. The monoisotopic (exact) mass is 1020 g/mol. The van der Waals surface area contributed by atoms with Gasteiger partial charge in [-0.3, -0.25) is 4.98 Å². The van der Waals surface area contributed by atoms with Gasteiger partial charge in [-0.2, -0.15) is 12.1 Å². The van der Waals surface area contributed by atoms with Crippen LogP contribution in [0.1, 0.15) is 64.1 Å². The first-order valence-corrected chi connectivity index (χ1v) is 21.6. The smallest absolute Gasteiger partial charge is 0.135 e. The molecule has 64 heavy (non-hydrogen) atoms. The third kappa shape index (κ3) is 7.90. The summed E-state index contributed by atoms with van der Waals surface area (Å²) in [4.78, 5) is 14.3. The van der Waals surface area contributed by atoms with Crippen molar-refractivity contribution in [2.24, 2.45) is 0 Å². The molecule has 0 amide bonds. The van der Waals surface area contributed by atoms with Gasteiger partial charge in [-0.1, -0.05) is 120 Å². The molecule has 0 aliphatic carbocycles. The Morgan fingerprint density at radius 1 is 0.562 bits per heavy atom. The van der Waals surface area contributed by atoms with Gasteiger partial charge in [-0.15, -0.1) is 48.1 Å². The second kappa shape index (κ2) is 16.6. The molecule has 6 aromatic carbocycles. The van der Waals surface area contributed by atoms with Gasteiger partial charge in [0.05, 0.1) is 0 Å². The zero-order valence-electron chi connectivity index (χ0n) is 37.5. The summed E-state index contributed by atoms with van der Waals surface area (Å²) in [6.45, 7) is 19.8. The van der Waals surface area contributed by atoms with E-state index in [2.05, 4.69) is 207 Å². The van der Waals surface area contributed by atoms with Crippen LogP contribution >= 0.6 is 0 Å². The summed E-state index contributed by atoms with van der Waals surface area (Å²) < 4.78 is 8.89. The topological polar surface area (TPSA) is 46.4 Å². The standard InChI is InChI=1S/C57H50N5O.Pt/c1-37-29-40(30-38(2)59-37)48-35-58-55(34-49(48)57(6,7)8)62-50-22-13-12-21-46(50)47-28-26-44(33-54(47)62)63-43-20-16-19-42(32-43)60-36-61(52-24-15-14-23-51(52)60)53-31-41(56(3,4)5)25-27-45(53)39-17-10-9-11-18-39;/h9-31,34-36H,1-8H3;/q-3;. The number of nitrogens with zero attached hydrogens (tertiary/aromatic N) is 5. The third-order valence-corrected chi connectivity index (χ3v) is 11.9. The molecule has 0 saturated heterocycles. The van der Waals surface area contributed by atoms with Crippen molar-refractivity contribution < 1.29 is 25.8 Å². The molecule has 0 saturated carbocycles. The molecule has 4 heterocycles. The maximum atomic E-state index is 6.68. The van der Waals surface area contributed by atoms with E-state index in [0.29, 0.717) is 11.5 Å². The van der Waals surface area contributed by atoms with Crippen molar-refractivity contribution >= 4 is 44.6 Å². The Bertz CT molecular complexity index is 3170. The van der Waals surface area contributed by atoms with Crippen LogP contribution in [0.25, 0.3) is 49.9 Å². The largest absolute Gasteiger partial charge is 0.509 e. The fourth-order valence-corrected chi connectivity index (χ4v) is 8.89. The van der Waals surface area contributed by atoms with Gasteiger partial charge in [0.25, 0.3) is 0 Å². The zero-order chi connectivity index (χ0) is 43.6. The van der Waals surface area contributed by atoms with Gasteiger partial charge >= 0.3 is 0 Å². The Morgan fingerprint density at radius 2 is 1.25 bits per heavy atom. The van der Waals surface area contributed by atoms with Crippen LogP contribution in [0, 0.1) is 32.6 Å². The first-order chi connectivity index (χ1) is 30.3. The summed E-state index contributed by atoms with van der Waals surface area (Å²) in [6, 6.07) is 58.5. The van der Waals surface area contributed by atoms with Gasteiger partial charge in [0.2, 0.25) is 0 Å². The molecular weight excluding hydrogens is 966 g/mol. The van der Waals surface area contributed by atoms with Crippen LogP contribution in [0.4, 0.5) is 22.7 Å². The van der Waals surface area contributed by atoms with E-state index in [1.54, 1.807) is 0 Å². The van der Waals surface area contributed by atoms with E-state index in [-0.39, 0.29) is 31.9 Å². The van der Waals surface area contributed by atoms with Crippen molar-refractivity contribution in [1.82, 2.24) is 14.5 Å². The summed E-state index contributed by atoms with van der Waals surface area (Å²) in [6.07, 6.45) is 2.02. The number of para-hydroxylation sites is 3. The maximum absolute atomic E-state index is 6.68. The summed E-state index contributed by atoms with van der Waals surface area (Å²) in [5.41, 5.74) is 15.0. The first-order valence-electron chi connectivity index (χ1n) is 21.6. The van der Waals surface area contributed by atoms with Crippen molar-refractivity contribution in [3.05, 3.63) is 193 Å². The molecule has 1 aliphatic rings. The van der Waals surface area contributed by atoms with Crippen LogP contribution < -0.4 is 14.5 Å². The van der Waals surface area contributed by atoms with Crippen molar-refractivity contribution in [3.63, 3.8) is 0 Å². The van der Waals surface area contributed by atoms with E-state index in [1.807, 2.05) is 38.2 Å². The summed E-state index contributed by atoms with van der Waals surface area (Å²) >= 11 is 0. The fraction of sp³-hybridized carbons (Fsp3) is 0.175. The molecule has 0 spiro atoms. The SMILES string of the molecule is Cc1cc(-c2cnc(-n3c4[c-]c(Oc5[c-]c(N6[CH-]N(c7cc(C(C)(C)C)ccc7-c7ccccc7)c7ccccc76)ccc5)ccc4c4ccccc43)cc2C(C)(C)C)cc(C)n1.[Pt]. The van der Waals surface area contributed by atoms with E-state index in [9.17, 15) is 0 Å². The van der Waals surface area contributed by atoms with Gasteiger partial charge in [-0.25, -0.2) is 4.98 Å². The molecule has 9 aromatic rings. The molecule has 0 unspecified atom stereocenters. The quantitative estimate of drug-likeness (QED) is 0.149. The number of ether oxygens (including phenoxy) is 1. The molecular formula is C57H50N5OPt-3. The number of aromatic nitrogens is 3. The number of fused-ring (bicyclic) bond motifs is 4. The number of aryl methyl sites for hydroxylation is 2. The minimum atomic E-state index is -0.152. The van der Waals surface area contributed by atoms with E-state index in [4.69, 9.17) is 9.72 Å². The Labute approximate surface area is 391 Å². The molecule has 10 rings (SSSR count). The summed E-state index contributed by atoms with van der Waals surface area (Å²) in [7, 11) is 0. The average molecular weight is 1020 g/mol. The van der Waals surface area contributed by atoms with E-state index >= 15 is 0 Å². The second-order valence-electron chi connectivity index (χ2n) is 18.6. The molecule has 3 aromatic heterocycles. The molecule has 0 bridgehead atoms. The summed E-state index contributed by atoms with van der Waals surface area (Å²) in [5.74, 6) is 2.01. The Hall–Kier alpha value is -6.49. The van der Waals surface area contributed by atoms with Crippen LogP contribution in [-0.2, 0) is 31.9 Å². The van der Waals surface area contributed by atoms with Crippen molar-refractivity contribution in [2.75, 3.05) is 9.80 Å². The third-order valence-electron chi connectivity index (χ3n) is 11.9.